The summed E-state index contributed by atoms with van der Waals surface area (Å²) >= 11 is 0. The zero-order chi connectivity index (χ0) is 11.8. The lowest BCUT2D eigenvalue weighted by atomic mass is 9.75. The van der Waals surface area contributed by atoms with Crippen molar-refractivity contribution >= 4 is 0 Å². The van der Waals surface area contributed by atoms with Crippen molar-refractivity contribution in [2.24, 2.45) is 17.6 Å². The highest BCUT2D eigenvalue weighted by Crippen LogP contribution is 2.41. The highest BCUT2D eigenvalue weighted by Gasteiger charge is 2.42. The summed E-state index contributed by atoms with van der Waals surface area (Å²) in [6.45, 7) is 5.62. The van der Waals surface area contributed by atoms with Crippen LogP contribution >= 0.6 is 0 Å². The molecule has 0 aromatic carbocycles. The van der Waals surface area contributed by atoms with Gasteiger partial charge in [-0.05, 0) is 64.3 Å². The molecule has 0 spiro atoms. The summed E-state index contributed by atoms with van der Waals surface area (Å²) in [7, 11) is 2.31. The van der Waals surface area contributed by atoms with E-state index in [1.165, 1.54) is 38.5 Å². The van der Waals surface area contributed by atoms with Crippen LogP contribution in [0.5, 0.6) is 0 Å². The molecule has 0 aliphatic heterocycles. The predicted octanol–water partition coefficient (Wildman–Crippen LogP) is 2.62. The van der Waals surface area contributed by atoms with E-state index in [4.69, 9.17) is 5.73 Å². The van der Waals surface area contributed by atoms with E-state index in [2.05, 4.69) is 25.8 Å². The molecule has 94 valence electrons. The summed E-state index contributed by atoms with van der Waals surface area (Å²) in [6, 6.07) is 0.733. The highest BCUT2D eigenvalue weighted by atomic mass is 15.2. The van der Waals surface area contributed by atoms with E-state index in [9.17, 15) is 0 Å². The normalized spacial score (nSPS) is 37.7. The monoisotopic (exact) mass is 224 g/mol. The molecule has 0 saturated heterocycles. The minimum atomic E-state index is 0.314. The SMILES string of the molecule is CC1CCC(CN)(N(C)C(C)C2CC2)CC1. The number of rotatable bonds is 4. The minimum Gasteiger partial charge on any atom is -0.329 e. The maximum absolute atomic E-state index is 6.10. The standard InChI is InChI=1S/C14H28N2/c1-11-6-8-14(10-15,9-7-11)16(3)12(2)13-4-5-13/h11-13H,4-10,15H2,1-3H3. The third-order valence-corrected chi connectivity index (χ3v) is 5.25. The highest BCUT2D eigenvalue weighted by molar-refractivity contribution is 4.98. The van der Waals surface area contributed by atoms with Crippen LogP contribution in [0.1, 0.15) is 52.4 Å². The van der Waals surface area contributed by atoms with E-state index in [1.807, 2.05) is 0 Å². The Hall–Kier alpha value is -0.0800. The zero-order valence-electron chi connectivity index (χ0n) is 11.2. The van der Waals surface area contributed by atoms with Gasteiger partial charge in [-0.3, -0.25) is 4.90 Å². The number of nitrogens with zero attached hydrogens (tertiary/aromatic N) is 1. The van der Waals surface area contributed by atoms with Crippen molar-refractivity contribution in [3.05, 3.63) is 0 Å². The molecule has 2 heteroatoms. The van der Waals surface area contributed by atoms with Crippen molar-refractivity contribution in [3.8, 4) is 0 Å². The van der Waals surface area contributed by atoms with Crippen molar-refractivity contribution in [2.45, 2.75) is 64.0 Å². The molecule has 2 fully saturated rings. The third kappa shape index (κ3) is 2.28. The van der Waals surface area contributed by atoms with Crippen LogP contribution in [0.2, 0.25) is 0 Å². The van der Waals surface area contributed by atoms with E-state index in [0.29, 0.717) is 5.54 Å². The fourth-order valence-electron chi connectivity index (χ4n) is 3.33. The van der Waals surface area contributed by atoms with Gasteiger partial charge < -0.3 is 5.73 Å². The first kappa shape index (κ1) is 12.4. The van der Waals surface area contributed by atoms with Crippen molar-refractivity contribution in [3.63, 3.8) is 0 Å². The molecular weight excluding hydrogens is 196 g/mol. The smallest absolute Gasteiger partial charge is 0.0331 e. The Bertz CT molecular complexity index is 227. The Labute approximate surface area is 101 Å². The molecule has 0 heterocycles. The van der Waals surface area contributed by atoms with Crippen LogP contribution in [-0.4, -0.2) is 30.1 Å². The van der Waals surface area contributed by atoms with Gasteiger partial charge in [-0.15, -0.1) is 0 Å². The summed E-state index contributed by atoms with van der Waals surface area (Å²) in [4.78, 5) is 2.62. The summed E-state index contributed by atoms with van der Waals surface area (Å²) in [5.41, 5.74) is 6.42. The Morgan fingerprint density at radius 3 is 2.25 bits per heavy atom. The van der Waals surface area contributed by atoms with Gasteiger partial charge in [-0.2, -0.15) is 0 Å². The topological polar surface area (TPSA) is 29.3 Å². The molecule has 1 atom stereocenters. The van der Waals surface area contributed by atoms with Gasteiger partial charge in [0.2, 0.25) is 0 Å². The molecular formula is C14H28N2. The molecule has 0 aromatic heterocycles. The van der Waals surface area contributed by atoms with Crippen molar-refractivity contribution in [2.75, 3.05) is 13.6 Å². The summed E-state index contributed by atoms with van der Waals surface area (Å²) < 4.78 is 0. The molecule has 2 N–H and O–H groups in total. The number of hydrogen-bond donors (Lipinski definition) is 1. The Morgan fingerprint density at radius 2 is 1.81 bits per heavy atom. The fraction of sp³-hybridized carbons (Fsp3) is 1.00. The van der Waals surface area contributed by atoms with Crippen molar-refractivity contribution in [1.29, 1.82) is 0 Å². The average molecular weight is 224 g/mol. The number of likely N-dealkylation sites (N-methyl/N-ethyl adjacent to an activating group) is 1. The lowest BCUT2D eigenvalue weighted by Gasteiger charge is -2.48. The predicted molar refractivity (Wildman–Crippen MR) is 69.4 cm³/mol. The van der Waals surface area contributed by atoms with E-state index in [0.717, 1.165) is 24.4 Å². The van der Waals surface area contributed by atoms with Gasteiger partial charge in [0.1, 0.15) is 0 Å². The molecule has 16 heavy (non-hydrogen) atoms. The first-order chi connectivity index (χ1) is 7.59. The van der Waals surface area contributed by atoms with Gasteiger partial charge in [0.15, 0.2) is 0 Å². The molecule has 0 amide bonds. The van der Waals surface area contributed by atoms with E-state index in [1.54, 1.807) is 0 Å². The molecule has 2 aliphatic carbocycles. The van der Waals surface area contributed by atoms with Crippen LogP contribution in [0.25, 0.3) is 0 Å². The van der Waals surface area contributed by atoms with Gasteiger partial charge in [0.25, 0.3) is 0 Å². The molecule has 0 aromatic rings. The Morgan fingerprint density at radius 1 is 1.25 bits per heavy atom. The minimum absolute atomic E-state index is 0.314. The second-order valence-electron chi connectivity index (χ2n) is 6.30. The van der Waals surface area contributed by atoms with Crippen LogP contribution in [0, 0.1) is 11.8 Å². The Balaban J connectivity index is 2.01. The molecule has 2 rings (SSSR count). The average Bonchev–Trinajstić information content (AvgIpc) is 3.13. The van der Waals surface area contributed by atoms with Crippen LogP contribution in [0.3, 0.4) is 0 Å². The molecule has 0 bridgehead atoms. The second-order valence-corrected chi connectivity index (χ2v) is 6.30. The molecule has 1 unspecified atom stereocenters. The van der Waals surface area contributed by atoms with Gasteiger partial charge in [-0.1, -0.05) is 6.92 Å². The molecule has 2 nitrogen and oxygen atoms in total. The molecule has 0 radical (unpaired) electrons. The van der Waals surface area contributed by atoms with Gasteiger partial charge in [0, 0.05) is 18.1 Å². The lowest BCUT2D eigenvalue weighted by Crippen LogP contribution is -2.57. The van der Waals surface area contributed by atoms with Crippen LogP contribution in [-0.2, 0) is 0 Å². The van der Waals surface area contributed by atoms with E-state index in [-0.39, 0.29) is 0 Å². The summed E-state index contributed by atoms with van der Waals surface area (Å²) in [6.07, 6.45) is 8.19. The van der Waals surface area contributed by atoms with Gasteiger partial charge >= 0.3 is 0 Å². The van der Waals surface area contributed by atoms with Crippen LogP contribution in [0.15, 0.2) is 0 Å². The number of hydrogen-bond acceptors (Lipinski definition) is 2. The summed E-state index contributed by atoms with van der Waals surface area (Å²) in [5, 5.41) is 0. The fourth-order valence-corrected chi connectivity index (χ4v) is 3.33. The molecule has 2 aliphatic rings. The lowest BCUT2D eigenvalue weighted by molar-refractivity contribution is 0.0308. The Kier molecular flexibility index (Phi) is 3.60. The first-order valence-corrected chi connectivity index (χ1v) is 7.02. The first-order valence-electron chi connectivity index (χ1n) is 7.02. The van der Waals surface area contributed by atoms with E-state index >= 15 is 0 Å². The maximum Gasteiger partial charge on any atom is 0.0331 e. The zero-order valence-corrected chi connectivity index (χ0v) is 11.2. The quantitative estimate of drug-likeness (QED) is 0.795. The largest absolute Gasteiger partial charge is 0.329 e. The van der Waals surface area contributed by atoms with Crippen LogP contribution in [0.4, 0.5) is 0 Å². The molecule has 2 saturated carbocycles. The van der Waals surface area contributed by atoms with Gasteiger partial charge in [-0.25, -0.2) is 0 Å². The third-order valence-electron chi connectivity index (χ3n) is 5.25. The van der Waals surface area contributed by atoms with Crippen LogP contribution < -0.4 is 5.73 Å². The van der Waals surface area contributed by atoms with Crippen molar-refractivity contribution < 1.29 is 0 Å². The number of nitrogens with two attached hydrogens (primary N) is 1. The summed E-state index contributed by atoms with van der Waals surface area (Å²) in [5.74, 6) is 1.86. The maximum atomic E-state index is 6.10. The van der Waals surface area contributed by atoms with Crippen molar-refractivity contribution in [1.82, 2.24) is 4.90 Å². The van der Waals surface area contributed by atoms with E-state index < -0.39 is 0 Å². The van der Waals surface area contributed by atoms with Gasteiger partial charge in [0.05, 0.1) is 0 Å². The second kappa shape index (κ2) is 4.66.